The van der Waals surface area contributed by atoms with E-state index in [-0.39, 0.29) is 12.1 Å². The smallest absolute Gasteiger partial charge is 0.287 e. The molecule has 0 amide bonds. The third kappa shape index (κ3) is 4.54. The van der Waals surface area contributed by atoms with Crippen molar-refractivity contribution in [2.24, 2.45) is 5.10 Å². The summed E-state index contributed by atoms with van der Waals surface area (Å²) in [5, 5.41) is 18.3. The second kappa shape index (κ2) is 7.19. The van der Waals surface area contributed by atoms with E-state index >= 15 is 0 Å². The van der Waals surface area contributed by atoms with Gasteiger partial charge in [-0.2, -0.15) is 0 Å². The van der Waals surface area contributed by atoms with Gasteiger partial charge in [0.15, 0.2) is 5.03 Å². The summed E-state index contributed by atoms with van der Waals surface area (Å²) in [5.41, 5.74) is 4.05. The Kier molecular flexibility index (Phi) is 5.29. The lowest BCUT2D eigenvalue weighted by Crippen LogP contribution is -2.37. The highest BCUT2D eigenvalue weighted by molar-refractivity contribution is 6.29. The van der Waals surface area contributed by atoms with E-state index in [0.29, 0.717) is 11.7 Å². The number of pyridine rings is 1. The first-order valence-corrected chi connectivity index (χ1v) is 7.10. The topological polar surface area (TPSA) is 95.7 Å². The van der Waals surface area contributed by atoms with Crippen LogP contribution in [-0.2, 0) is 6.54 Å². The van der Waals surface area contributed by atoms with Gasteiger partial charge in [-0.15, -0.1) is 0 Å². The maximum absolute atomic E-state index is 10.6. The molecule has 0 bridgehead atoms. The molecule has 0 aromatic carbocycles. The van der Waals surface area contributed by atoms with Gasteiger partial charge in [0.05, 0.1) is 12.7 Å². The minimum atomic E-state index is -0.709. The van der Waals surface area contributed by atoms with Crippen molar-refractivity contribution in [1.29, 1.82) is 0 Å². The Balaban J connectivity index is 2.06. The maximum Gasteiger partial charge on any atom is 0.287 e. The molecule has 0 aliphatic carbocycles. The van der Waals surface area contributed by atoms with E-state index in [1.807, 2.05) is 6.07 Å². The number of hydrogen-bond acceptors (Lipinski definition) is 4. The van der Waals surface area contributed by atoms with E-state index in [1.54, 1.807) is 17.3 Å². The van der Waals surface area contributed by atoms with Crippen LogP contribution >= 0.6 is 11.6 Å². The monoisotopic (exact) mass is 312 g/mol. The Hall–Kier alpha value is -1.93. The summed E-state index contributed by atoms with van der Waals surface area (Å²) in [7, 11) is 0. The molecule has 1 unspecified atom stereocenters. The van der Waals surface area contributed by atoms with Crippen molar-refractivity contribution < 1.29 is 5.03 Å². The largest absolute Gasteiger partial charge is 0.333 e. The minimum Gasteiger partial charge on any atom is -0.333 e. The van der Waals surface area contributed by atoms with Gasteiger partial charge in [-0.3, -0.25) is 5.01 Å². The number of guanidine groups is 1. The quantitative estimate of drug-likeness (QED) is 0.471. The first-order chi connectivity index (χ1) is 10.1. The van der Waals surface area contributed by atoms with Gasteiger partial charge in [0.1, 0.15) is 10.3 Å². The Bertz CT molecular complexity index is 521. The van der Waals surface area contributed by atoms with Gasteiger partial charge in [0.25, 0.3) is 5.96 Å². The number of halogens is 1. The van der Waals surface area contributed by atoms with Crippen LogP contribution in [0.2, 0.25) is 5.15 Å². The number of unbranched alkanes of at least 4 members (excludes halogenated alkanes) is 1. The van der Waals surface area contributed by atoms with Crippen LogP contribution in [0.1, 0.15) is 31.7 Å². The van der Waals surface area contributed by atoms with Gasteiger partial charge in [0, 0.05) is 6.20 Å². The highest BCUT2D eigenvalue weighted by Gasteiger charge is 2.28. The molecule has 8 nitrogen and oxygen atoms in total. The summed E-state index contributed by atoms with van der Waals surface area (Å²) in [6.45, 7) is 2.50. The lowest BCUT2D eigenvalue weighted by atomic mass is 10.2. The molecule has 1 atom stereocenters. The Morgan fingerprint density at radius 1 is 1.57 bits per heavy atom. The van der Waals surface area contributed by atoms with Gasteiger partial charge < -0.3 is 5.32 Å². The van der Waals surface area contributed by atoms with Crippen LogP contribution in [0.4, 0.5) is 0 Å². The van der Waals surface area contributed by atoms with E-state index in [4.69, 9.17) is 11.6 Å². The van der Waals surface area contributed by atoms with E-state index in [1.165, 1.54) is 0 Å². The zero-order valence-electron chi connectivity index (χ0n) is 11.6. The Labute approximate surface area is 127 Å². The molecule has 1 aromatic rings. The molecule has 1 aromatic heterocycles. The first-order valence-electron chi connectivity index (χ1n) is 6.72. The molecule has 0 spiro atoms. The minimum absolute atomic E-state index is 0.0519. The second-order valence-electron chi connectivity index (χ2n) is 4.71. The molecule has 2 N–H and O–H groups in total. The normalized spacial score (nSPS) is 19.8. The molecule has 0 radical (unpaired) electrons. The highest BCUT2D eigenvalue weighted by atomic mass is 35.5. The number of hydrazine groups is 1. The number of hydrogen-bond donors (Lipinski definition) is 2. The molecule has 21 heavy (non-hydrogen) atoms. The summed E-state index contributed by atoms with van der Waals surface area (Å²) in [6.07, 6.45) is 4.52. The van der Waals surface area contributed by atoms with E-state index in [0.717, 1.165) is 24.8 Å². The van der Waals surface area contributed by atoms with Gasteiger partial charge in [-0.25, -0.2) is 20.5 Å². The molecule has 2 heterocycles. The molecular weight excluding hydrogens is 296 g/mol. The fraction of sp³-hybridized carbons (Fsp3) is 0.500. The number of aromatic nitrogens is 1. The lowest BCUT2D eigenvalue weighted by molar-refractivity contribution is -0.485. The van der Waals surface area contributed by atoms with Crippen LogP contribution < -0.4 is 10.7 Å². The van der Waals surface area contributed by atoms with Crippen molar-refractivity contribution in [3.63, 3.8) is 0 Å². The van der Waals surface area contributed by atoms with E-state index in [2.05, 4.69) is 27.8 Å². The predicted octanol–water partition coefficient (Wildman–Crippen LogP) is 1.71. The molecule has 1 saturated heterocycles. The van der Waals surface area contributed by atoms with Gasteiger partial charge in [0.2, 0.25) is 0 Å². The van der Waals surface area contributed by atoms with E-state index in [9.17, 15) is 10.1 Å². The average molecular weight is 313 g/mol. The molecular formula is C12H17ClN6O2. The fourth-order valence-corrected chi connectivity index (χ4v) is 2.14. The van der Waals surface area contributed by atoms with Crippen molar-refractivity contribution in [2.75, 3.05) is 0 Å². The van der Waals surface area contributed by atoms with Crippen molar-refractivity contribution in [2.45, 2.75) is 38.9 Å². The summed E-state index contributed by atoms with van der Waals surface area (Å²) >= 11 is 5.74. The maximum atomic E-state index is 10.6. The molecule has 0 saturated carbocycles. The number of hydrazone groups is 1. The summed E-state index contributed by atoms with van der Waals surface area (Å²) in [4.78, 5) is 14.6. The number of nitro groups is 1. The Morgan fingerprint density at radius 2 is 2.38 bits per heavy atom. The summed E-state index contributed by atoms with van der Waals surface area (Å²) in [5.74, 6) is 0.205. The van der Waals surface area contributed by atoms with Crippen LogP contribution in [0.15, 0.2) is 23.4 Å². The first kappa shape index (κ1) is 15.5. The number of nitrogens with zero attached hydrogens (tertiary/aromatic N) is 4. The van der Waals surface area contributed by atoms with Crippen LogP contribution in [0, 0.1) is 10.1 Å². The third-order valence-electron chi connectivity index (χ3n) is 3.02. The molecule has 2 rings (SSSR count). The Morgan fingerprint density at radius 3 is 3.00 bits per heavy atom. The fourth-order valence-electron chi connectivity index (χ4n) is 2.02. The molecule has 1 aliphatic rings. The second-order valence-corrected chi connectivity index (χ2v) is 5.09. The van der Waals surface area contributed by atoms with Gasteiger partial charge in [-0.05, 0) is 18.1 Å². The van der Waals surface area contributed by atoms with Crippen molar-refractivity contribution in [3.8, 4) is 0 Å². The SMILES string of the molecule is CCCCC1N/C(=N\[N+](=O)[O-])N(Cc2ccc(Cl)nc2)N1. The lowest BCUT2D eigenvalue weighted by Gasteiger charge is -2.16. The molecule has 1 fully saturated rings. The third-order valence-corrected chi connectivity index (χ3v) is 3.25. The summed E-state index contributed by atoms with van der Waals surface area (Å²) in [6, 6.07) is 3.50. The van der Waals surface area contributed by atoms with Crippen molar-refractivity contribution >= 4 is 17.6 Å². The number of nitrogens with one attached hydrogen (secondary N) is 2. The zero-order chi connectivity index (χ0) is 15.2. The molecule has 114 valence electrons. The van der Waals surface area contributed by atoms with Gasteiger partial charge in [-0.1, -0.05) is 37.4 Å². The average Bonchev–Trinajstić information content (AvgIpc) is 2.80. The van der Waals surface area contributed by atoms with Crippen molar-refractivity contribution in [3.05, 3.63) is 39.2 Å². The molecule has 9 heteroatoms. The van der Waals surface area contributed by atoms with E-state index < -0.39 is 5.03 Å². The van der Waals surface area contributed by atoms with Gasteiger partial charge >= 0.3 is 0 Å². The van der Waals surface area contributed by atoms with Crippen molar-refractivity contribution in [1.82, 2.24) is 20.7 Å². The zero-order valence-corrected chi connectivity index (χ0v) is 12.4. The van der Waals surface area contributed by atoms with Crippen LogP contribution in [-0.4, -0.2) is 27.2 Å². The predicted molar refractivity (Wildman–Crippen MR) is 78.8 cm³/mol. The summed E-state index contributed by atoms with van der Waals surface area (Å²) < 4.78 is 0. The van der Waals surface area contributed by atoms with Crippen LogP contribution in [0.25, 0.3) is 0 Å². The number of rotatable bonds is 6. The standard InChI is InChI=1S/C12H17ClN6O2/c1-2-3-4-11-15-12(17-19(20)21)18(16-11)8-9-5-6-10(13)14-7-9/h5-7,11,16H,2-4,8H2,1H3,(H,15,17). The molecule has 1 aliphatic heterocycles. The van der Waals surface area contributed by atoms with Crippen LogP contribution in [0.3, 0.4) is 0 Å². The highest BCUT2D eigenvalue weighted by Crippen LogP contribution is 2.11. The van der Waals surface area contributed by atoms with Crippen LogP contribution in [0.5, 0.6) is 0 Å².